The molecule has 1 rings (SSSR count). The van der Waals surface area contributed by atoms with Gasteiger partial charge in [0.2, 0.25) is 11.6 Å². The van der Waals surface area contributed by atoms with Crippen molar-refractivity contribution in [3.8, 4) is 0 Å². The smallest absolute Gasteiger partial charge is 0.264 e. The fourth-order valence-electron chi connectivity index (χ4n) is 0.610. The Morgan fingerprint density at radius 1 is 0.875 bits per heavy atom. The molecule has 3 nitrogen and oxygen atoms in total. The zero-order valence-electron chi connectivity index (χ0n) is 4.14. The average molecular weight is 112 g/mol. The van der Waals surface area contributed by atoms with Gasteiger partial charge >= 0.3 is 0 Å². The molecular formula is C5H4O3. The SMILES string of the molecule is O=C1CCC(=O)C1=O. The Labute approximate surface area is 45.7 Å². The Kier molecular flexibility index (Phi) is 0.970. The third-order valence-electron chi connectivity index (χ3n) is 1.09. The van der Waals surface area contributed by atoms with Crippen LogP contribution in [0.4, 0.5) is 0 Å². The second kappa shape index (κ2) is 1.51. The molecule has 1 aliphatic carbocycles. The first-order chi connectivity index (χ1) is 3.72. The number of hydrogen-bond acceptors (Lipinski definition) is 3. The van der Waals surface area contributed by atoms with E-state index in [1.165, 1.54) is 0 Å². The number of rotatable bonds is 0. The summed E-state index contributed by atoms with van der Waals surface area (Å²) in [7, 11) is 0. The van der Waals surface area contributed by atoms with Crippen LogP contribution in [0.1, 0.15) is 12.8 Å². The Morgan fingerprint density at radius 2 is 1.25 bits per heavy atom. The normalized spacial score (nSPS) is 20.2. The summed E-state index contributed by atoms with van der Waals surface area (Å²) in [5, 5.41) is 0. The lowest BCUT2D eigenvalue weighted by molar-refractivity contribution is -0.140. The van der Waals surface area contributed by atoms with E-state index in [4.69, 9.17) is 0 Å². The van der Waals surface area contributed by atoms with Gasteiger partial charge in [-0.2, -0.15) is 0 Å². The van der Waals surface area contributed by atoms with Crippen LogP contribution in [0.5, 0.6) is 0 Å². The molecule has 1 saturated carbocycles. The number of hydrogen-bond donors (Lipinski definition) is 0. The highest BCUT2D eigenvalue weighted by molar-refractivity contribution is 6.67. The molecule has 0 amide bonds. The Morgan fingerprint density at radius 3 is 1.38 bits per heavy atom. The van der Waals surface area contributed by atoms with Crippen LogP contribution in [-0.4, -0.2) is 17.3 Å². The molecule has 0 bridgehead atoms. The Balaban J connectivity index is 2.86. The molecule has 0 N–H and O–H groups in total. The van der Waals surface area contributed by atoms with Gasteiger partial charge in [0.05, 0.1) is 0 Å². The molecule has 0 aromatic rings. The highest BCUT2D eigenvalue weighted by Crippen LogP contribution is 2.04. The quantitative estimate of drug-likeness (QED) is 0.396. The van der Waals surface area contributed by atoms with Crippen molar-refractivity contribution < 1.29 is 14.4 Å². The molecule has 0 unspecified atom stereocenters. The van der Waals surface area contributed by atoms with Crippen LogP contribution in [0.2, 0.25) is 0 Å². The minimum absolute atomic E-state index is 0.123. The predicted molar refractivity (Wildman–Crippen MR) is 24.3 cm³/mol. The monoisotopic (exact) mass is 112 g/mol. The van der Waals surface area contributed by atoms with Gasteiger partial charge in [-0.3, -0.25) is 14.4 Å². The minimum Gasteiger partial charge on any atom is -0.290 e. The third kappa shape index (κ3) is 0.559. The number of carbonyl (C=O) groups excluding carboxylic acids is 3. The molecule has 0 heterocycles. The molecule has 1 aliphatic rings. The van der Waals surface area contributed by atoms with Crippen LogP contribution < -0.4 is 0 Å². The third-order valence-corrected chi connectivity index (χ3v) is 1.09. The van der Waals surface area contributed by atoms with Crippen molar-refractivity contribution in [3.05, 3.63) is 0 Å². The molecule has 3 heteroatoms. The van der Waals surface area contributed by atoms with Crippen molar-refractivity contribution in [1.29, 1.82) is 0 Å². The van der Waals surface area contributed by atoms with Crippen LogP contribution >= 0.6 is 0 Å². The average Bonchev–Trinajstić information content (AvgIpc) is 1.98. The second-order valence-electron chi connectivity index (χ2n) is 1.68. The van der Waals surface area contributed by atoms with Gasteiger partial charge < -0.3 is 0 Å². The first-order valence-corrected chi connectivity index (χ1v) is 2.32. The van der Waals surface area contributed by atoms with Gasteiger partial charge in [-0.1, -0.05) is 0 Å². The molecule has 42 valence electrons. The summed E-state index contributed by atoms with van der Waals surface area (Å²) in [5.74, 6) is -1.88. The summed E-state index contributed by atoms with van der Waals surface area (Å²) in [6, 6.07) is 0. The van der Waals surface area contributed by atoms with E-state index in [-0.39, 0.29) is 12.8 Å². The van der Waals surface area contributed by atoms with Crippen molar-refractivity contribution in [3.63, 3.8) is 0 Å². The Bertz CT molecular complexity index is 151. The fourth-order valence-corrected chi connectivity index (χ4v) is 0.610. The van der Waals surface area contributed by atoms with E-state index in [2.05, 4.69) is 0 Å². The molecular weight excluding hydrogens is 108 g/mol. The van der Waals surface area contributed by atoms with Crippen LogP contribution in [0, 0.1) is 0 Å². The highest BCUT2D eigenvalue weighted by Gasteiger charge is 2.29. The maximum Gasteiger partial charge on any atom is 0.264 e. The molecule has 0 saturated heterocycles. The van der Waals surface area contributed by atoms with E-state index in [9.17, 15) is 14.4 Å². The van der Waals surface area contributed by atoms with E-state index in [0.717, 1.165) is 0 Å². The lowest BCUT2D eigenvalue weighted by atomic mass is 10.3. The molecule has 0 radical (unpaired) electrons. The lowest BCUT2D eigenvalue weighted by Crippen LogP contribution is -2.11. The Hall–Kier alpha value is -0.990. The van der Waals surface area contributed by atoms with Crippen molar-refractivity contribution in [2.45, 2.75) is 12.8 Å². The molecule has 0 aliphatic heterocycles. The van der Waals surface area contributed by atoms with Crippen molar-refractivity contribution in [2.75, 3.05) is 0 Å². The van der Waals surface area contributed by atoms with E-state index in [0.29, 0.717) is 0 Å². The maximum atomic E-state index is 10.2. The first-order valence-electron chi connectivity index (χ1n) is 2.32. The molecule has 0 aromatic heterocycles. The van der Waals surface area contributed by atoms with Gasteiger partial charge in [0.1, 0.15) is 0 Å². The van der Waals surface area contributed by atoms with Gasteiger partial charge in [0.15, 0.2) is 0 Å². The van der Waals surface area contributed by atoms with Gasteiger partial charge in [-0.15, -0.1) is 0 Å². The van der Waals surface area contributed by atoms with Gasteiger partial charge in [-0.25, -0.2) is 0 Å². The zero-order valence-corrected chi connectivity index (χ0v) is 4.14. The topological polar surface area (TPSA) is 51.2 Å². The zero-order chi connectivity index (χ0) is 6.15. The molecule has 0 spiro atoms. The van der Waals surface area contributed by atoms with Crippen molar-refractivity contribution in [2.24, 2.45) is 0 Å². The van der Waals surface area contributed by atoms with E-state index >= 15 is 0 Å². The number of Topliss-reactive ketones (excluding diaryl/α,β-unsaturated/α-hetero) is 3. The minimum atomic E-state index is -0.815. The van der Waals surface area contributed by atoms with Crippen molar-refractivity contribution in [1.82, 2.24) is 0 Å². The largest absolute Gasteiger partial charge is 0.290 e. The summed E-state index contributed by atoms with van der Waals surface area (Å²) in [4.78, 5) is 30.6. The predicted octanol–water partition coefficient (Wildman–Crippen LogP) is -0.512. The molecule has 8 heavy (non-hydrogen) atoms. The first kappa shape index (κ1) is 5.15. The number of ketones is 3. The van der Waals surface area contributed by atoms with Gasteiger partial charge in [-0.05, 0) is 0 Å². The second-order valence-corrected chi connectivity index (χ2v) is 1.68. The lowest BCUT2D eigenvalue weighted by Gasteiger charge is -1.72. The summed E-state index contributed by atoms with van der Waals surface area (Å²) in [5.41, 5.74) is 0. The van der Waals surface area contributed by atoms with Gasteiger partial charge in [0.25, 0.3) is 5.78 Å². The van der Waals surface area contributed by atoms with Crippen LogP contribution in [0.25, 0.3) is 0 Å². The van der Waals surface area contributed by atoms with E-state index < -0.39 is 17.3 Å². The van der Waals surface area contributed by atoms with Crippen molar-refractivity contribution >= 4 is 17.3 Å². The summed E-state index contributed by atoms with van der Waals surface area (Å²) >= 11 is 0. The molecule has 1 fully saturated rings. The highest BCUT2D eigenvalue weighted by atomic mass is 16.2. The standard InChI is InChI=1S/C5H4O3/c6-3-1-2-4(7)5(3)8/h1-2H2. The summed E-state index contributed by atoms with van der Waals surface area (Å²) in [6.07, 6.45) is 0.245. The molecule has 0 aromatic carbocycles. The fraction of sp³-hybridized carbons (Fsp3) is 0.400. The van der Waals surface area contributed by atoms with Crippen LogP contribution in [0.15, 0.2) is 0 Å². The van der Waals surface area contributed by atoms with E-state index in [1.54, 1.807) is 0 Å². The summed E-state index contributed by atoms with van der Waals surface area (Å²) in [6.45, 7) is 0. The maximum absolute atomic E-state index is 10.2. The summed E-state index contributed by atoms with van der Waals surface area (Å²) < 4.78 is 0. The van der Waals surface area contributed by atoms with Gasteiger partial charge in [0, 0.05) is 12.8 Å². The van der Waals surface area contributed by atoms with Crippen LogP contribution in [0.3, 0.4) is 0 Å². The van der Waals surface area contributed by atoms with Crippen LogP contribution in [-0.2, 0) is 14.4 Å². The van der Waals surface area contributed by atoms with E-state index in [1.807, 2.05) is 0 Å². The number of carbonyl (C=O) groups is 3. The molecule has 0 atom stereocenters.